The molecule has 1 aromatic heterocycles. The van der Waals surface area contributed by atoms with Crippen LogP contribution in [-0.4, -0.2) is 15.6 Å². The number of halogens is 1. The molecule has 2 nitrogen and oxygen atoms in total. The molecule has 106 valence electrons. The van der Waals surface area contributed by atoms with E-state index in [1.165, 1.54) is 0 Å². The van der Waals surface area contributed by atoms with E-state index in [1.807, 2.05) is 47.6 Å². The predicted molar refractivity (Wildman–Crippen MR) is 78.7 cm³/mol. The van der Waals surface area contributed by atoms with E-state index in [4.69, 9.17) is 0 Å². The Morgan fingerprint density at radius 3 is 2.37 bits per heavy atom. The minimum Gasteiger partial charge on any atom is -0.255 e. The zero-order chi connectivity index (χ0) is 14.8. The van der Waals surface area contributed by atoms with Crippen molar-refractivity contribution < 1.29 is 4.39 Å². The normalized spacial score (nSPS) is 16.3. The molecule has 0 amide bonds. The summed E-state index contributed by atoms with van der Waals surface area (Å²) in [5.41, 5.74) is 1.83. The number of rotatable bonds is 4. The van der Waals surface area contributed by atoms with Crippen LogP contribution < -0.4 is 0 Å². The standard InChI is InChI=1S/C16H25FN2/c1-8-16(7,17)15(5,6)11(2)9-14-13(4)19-12(3)10-18-14/h9-10H,8H2,1-7H3/b11-9+. The van der Waals surface area contributed by atoms with Crippen LogP contribution in [0.4, 0.5) is 4.39 Å². The van der Waals surface area contributed by atoms with E-state index in [0.717, 1.165) is 22.7 Å². The fourth-order valence-corrected chi connectivity index (χ4v) is 1.99. The smallest absolute Gasteiger partial charge is 0.116 e. The van der Waals surface area contributed by atoms with E-state index in [2.05, 4.69) is 9.97 Å². The third-order valence-corrected chi connectivity index (χ3v) is 4.41. The number of nitrogens with zero attached hydrogens (tertiary/aromatic N) is 2. The molecule has 0 saturated heterocycles. The average molecular weight is 264 g/mol. The van der Waals surface area contributed by atoms with Crippen molar-refractivity contribution in [1.82, 2.24) is 9.97 Å². The van der Waals surface area contributed by atoms with Crippen molar-refractivity contribution in [3.63, 3.8) is 0 Å². The molecule has 1 unspecified atom stereocenters. The molecule has 19 heavy (non-hydrogen) atoms. The number of aromatic nitrogens is 2. The summed E-state index contributed by atoms with van der Waals surface area (Å²) >= 11 is 0. The summed E-state index contributed by atoms with van der Waals surface area (Å²) in [5.74, 6) is 0. The first kappa shape index (κ1) is 15.8. The minimum atomic E-state index is -1.24. The summed E-state index contributed by atoms with van der Waals surface area (Å²) in [6, 6.07) is 0. The third-order valence-electron chi connectivity index (χ3n) is 4.41. The molecule has 0 radical (unpaired) electrons. The molecule has 3 heteroatoms. The lowest BCUT2D eigenvalue weighted by Crippen LogP contribution is -2.38. The Kier molecular flexibility index (Phi) is 4.49. The summed E-state index contributed by atoms with van der Waals surface area (Å²) < 4.78 is 14.6. The van der Waals surface area contributed by atoms with Gasteiger partial charge in [0.05, 0.1) is 17.1 Å². The van der Waals surface area contributed by atoms with E-state index in [0.29, 0.717) is 6.42 Å². The van der Waals surface area contributed by atoms with Crippen LogP contribution in [0.1, 0.15) is 58.1 Å². The SMILES string of the molecule is CCC(C)(F)C(C)(C)/C(C)=C/c1ncc(C)nc1C. The zero-order valence-corrected chi connectivity index (χ0v) is 13.1. The van der Waals surface area contributed by atoms with Gasteiger partial charge in [0.1, 0.15) is 5.67 Å². The topological polar surface area (TPSA) is 25.8 Å². The molecular formula is C16H25FN2. The molecule has 1 aromatic rings. The predicted octanol–water partition coefficient (Wildman–Crippen LogP) is 4.66. The maximum absolute atomic E-state index is 14.6. The minimum absolute atomic E-state index is 0.490. The van der Waals surface area contributed by atoms with Crippen LogP contribution in [-0.2, 0) is 0 Å². The van der Waals surface area contributed by atoms with Crippen LogP contribution in [0, 0.1) is 19.3 Å². The second-order valence-corrected chi connectivity index (χ2v) is 5.99. The van der Waals surface area contributed by atoms with Gasteiger partial charge in [-0.1, -0.05) is 26.3 Å². The summed E-state index contributed by atoms with van der Waals surface area (Å²) in [7, 11) is 0. The largest absolute Gasteiger partial charge is 0.255 e. The molecule has 1 heterocycles. The number of alkyl halides is 1. The Hall–Kier alpha value is -1.25. The molecule has 0 aliphatic heterocycles. The first-order valence-corrected chi connectivity index (χ1v) is 6.79. The summed E-state index contributed by atoms with van der Waals surface area (Å²) in [5, 5.41) is 0. The maximum atomic E-state index is 14.6. The molecule has 1 rings (SSSR count). The van der Waals surface area contributed by atoms with Crippen LogP contribution in [0.15, 0.2) is 11.8 Å². The lowest BCUT2D eigenvalue weighted by molar-refractivity contribution is 0.0584. The summed E-state index contributed by atoms with van der Waals surface area (Å²) in [4.78, 5) is 8.77. The van der Waals surface area contributed by atoms with Gasteiger partial charge in [0, 0.05) is 11.6 Å². The maximum Gasteiger partial charge on any atom is 0.116 e. The zero-order valence-electron chi connectivity index (χ0n) is 13.1. The van der Waals surface area contributed by atoms with Crippen LogP contribution in [0.5, 0.6) is 0 Å². The first-order valence-electron chi connectivity index (χ1n) is 6.79. The highest BCUT2D eigenvalue weighted by molar-refractivity contribution is 5.52. The van der Waals surface area contributed by atoms with Crippen LogP contribution in [0.3, 0.4) is 0 Å². The average Bonchev–Trinajstić information content (AvgIpc) is 2.32. The van der Waals surface area contributed by atoms with Crippen molar-refractivity contribution in [2.75, 3.05) is 0 Å². The highest BCUT2D eigenvalue weighted by Crippen LogP contribution is 2.43. The lowest BCUT2D eigenvalue weighted by atomic mass is 9.70. The van der Waals surface area contributed by atoms with E-state index in [9.17, 15) is 4.39 Å². The highest BCUT2D eigenvalue weighted by atomic mass is 19.1. The molecule has 0 saturated carbocycles. The Morgan fingerprint density at radius 1 is 1.32 bits per heavy atom. The molecular weight excluding hydrogens is 239 g/mol. The van der Waals surface area contributed by atoms with Gasteiger partial charge in [0.2, 0.25) is 0 Å². The van der Waals surface area contributed by atoms with Crippen LogP contribution >= 0.6 is 0 Å². The van der Waals surface area contributed by atoms with Crippen LogP contribution in [0.2, 0.25) is 0 Å². The molecule has 1 atom stereocenters. The number of hydrogen-bond donors (Lipinski definition) is 0. The number of hydrogen-bond acceptors (Lipinski definition) is 2. The fourth-order valence-electron chi connectivity index (χ4n) is 1.99. The van der Waals surface area contributed by atoms with Crippen molar-refractivity contribution >= 4 is 6.08 Å². The Morgan fingerprint density at radius 2 is 1.89 bits per heavy atom. The van der Waals surface area contributed by atoms with Gasteiger partial charge >= 0.3 is 0 Å². The van der Waals surface area contributed by atoms with E-state index in [-0.39, 0.29) is 0 Å². The lowest BCUT2D eigenvalue weighted by Gasteiger charge is -2.38. The van der Waals surface area contributed by atoms with E-state index in [1.54, 1.807) is 13.1 Å². The molecule has 0 N–H and O–H groups in total. The molecule has 0 spiro atoms. The van der Waals surface area contributed by atoms with Gasteiger partial charge < -0.3 is 0 Å². The highest BCUT2D eigenvalue weighted by Gasteiger charge is 2.41. The van der Waals surface area contributed by atoms with Crippen molar-refractivity contribution in [2.24, 2.45) is 5.41 Å². The Bertz CT molecular complexity index is 488. The Balaban J connectivity index is 3.18. The molecule has 0 aliphatic rings. The van der Waals surface area contributed by atoms with Gasteiger partial charge in [-0.05, 0) is 40.2 Å². The molecule has 0 aromatic carbocycles. The van der Waals surface area contributed by atoms with Crippen molar-refractivity contribution in [3.8, 4) is 0 Å². The second kappa shape index (κ2) is 5.40. The van der Waals surface area contributed by atoms with E-state index < -0.39 is 11.1 Å². The fraction of sp³-hybridized carbons (Fsp3) is 0.625. The first-order chi connectivity index (χ1) is 8.61. The van der Waals surface area contributed by atoms with Gasteiger partial charge in [-0.3, -0.25) is 9.97 Å². The number of aryl methyl sites for hydroxylation is 2. The van der Waals surface area contributed by atoms with Gasteiger partial charge in [-0.2, -0.15) is 0 Å². The van der Waals surface area contributed by atoms with Gasteiger partial charge in [0.25, 0.3) is 0 Å². The molecule has 0 aliphatic carbocycles. The second-order valence-electron chi connectivity index (χ2n) is 5.99. The Labute approximate surface area is 116 Å². The summed E-state index contributed by atoms with van der Waals surface area (Å²) in [6.07, 6.45) is 4.19. The van der Waals surface area contributed by atoms with Crippen molar-refractivity contribution in [3.05, 3.63) is 28.9 Å². The van der Waals surface area contributed by atoms with Crippen molar-refractivity contribution in [2.45, 2.75) is 60.6 Å². The number of allylic oxidation sites excluding steroid dienone is 1. The molecule has 0 bridgehead atoms. The van der Waals surface area contributed by atoms with Crippen molar-refractivity contribution in [1.29, 1.82) is 0 Å². The van der Waals surface area contributed by atoms with Crippen LogP contribution in [0.25, 0.3) is 6.08 Å². The molecule has 0 fully saturated rings. The van der Waals surface area contributed by atoms with Gasteiger partial charge in [-0.15, -0.1) is 0 Å². The third kappa shape index (κ3) is 3.20. The quantitative estimate of drug-likeness (QED) is 0.790. The summed E-state index contributed by atoms with van der Waals surface area (Å²) in [6.45, 7) is 13.2. The van der Waals surface area contributed by atoms with Gasteiger partial charge in [-0.25, -0.2) is 4.39 Å². The van der Waals surface area contributed by atoms with Gasteiger partial charge in [0.15, 0.2) is 0 Å². The van der Waals surface area contributed by atoms with E-state index >= 15 is 0 Å². The monoisotopic (exact) mass is 264 g/mol.